The van der Waals surface area contributed by atoms with Crippen molar-refractivity contribution in [1.82, 2.24) is 5.32 Å². The van der Waals surface area contributed by atoms with E-state index in [4.69, 9.17) is 0 Å². The Morgan fingerprint density at radius 3 is 2.11 bits per heavy atom. The highest BCUT2D eigenvalue weighted by atomic mass is 16.2. The molecule has 28 heavy (non-hydrogen) atoms. The molecule has 2 aliphatic rings. The number of nitrogens with one attached hydrogen (secondary N) is 1. The van der Waals surface area contributed by atoms with Gasteiger partial charge >= 0.3 is 6.03 Å². The smallest absolute Gasteiger partial charge is 0.335 e. The summed E-state index contributed by atoms with van der Waals surface area (Å²) in [6, 6.07) is 14.0. The first kappa shape index (κ1) is 18.0. The number of aryl methyl sites for hydroxylation is 1. The Kier molecular flexibility index (Phi) is 4.69. The predicted octanol–water partition coefficient (Wildman–Crippen LogP) is 3.26. The van der Waals surface area contributed by atoms with Gasteiger partial charge in [-0.15, -0.1) is 0 Å². The molecule has 0 saturated carbocycles. The molecule has 2 saturated heterocycles. The molecule has 6 heteroatoms. The van der Waals surface area contributed by atoms with Crippen molar-refractivity contribution in [2.24, 2.45) is 0 Å². The SMILES string of the molecule is Cc1ccc(N2C(=O)NC(=O)/C(=C/c3ccc(N4CCCC4)cc3)C2=O)cc1. The van der Waals surface area contributed by atoms with E-state index in [2.05, 4.69) is 10.2 Å². The Labute approximate surface area is 163 Å². The minimum Gasteiger partial charge on any atom is -0.372 e. The molecule has 1 N–H and O–H groups in total. The molecule has 4 amide bonds. The highest BCUT2D eigenvalue weighted by Gasteiger charge is 2.36. The van der Waals surface area contributed by atoms with Gasteiger partial charge in [0.05, 0.1) is 5.69 Å². The van der Waals surface area contributed by atoms with E-state index in [-0.39, 0.29) is 5.57 Å². The monoisotopic (exact) mass is 375 g/mol. The Morgan fingerprint density at radius 1 is 0.857 bits per heavy atom. The third-order valence-corrected chi connectivity index (χ3v) is 5.07. The van der Waals surface area contributed by atoms with Crippen molar-refractivity contribution in [2.75, 3.05) is 22.9 Å². The summed E-state index contributed by atoms with van der Waals surface area (Å²) in [6.07, 6.45) is 3.92. The first-order valence-corrected chi connectivity index (χ1v) is 9.36. The molecular weight excluding hydrogens is 354 g/mol. The van der Waals surface area contributed by atoms with Crippen LogP contribution in [0.2, 0.25) is 0 Å². The molecule has 2 heterocycles. The van der Waals surface area contributed by atoms with Crippen molar-refractivity contribution in [3.8, 4) is 0 Å². The van der Waals surface area contributed by atoms with E-state index in [0.717, 1.165) is 34.8 Å². The fraction of sp³-hybridized carbons (Fsp3) is 0.227. The second kappa shape index (κ2) is 7.31. The zero-order valence-corrected chi connectivity index (χ0v) is 15.6. The topological polar surface area (TPSA) is 69.7 Å². The lowest BCUT2D eigenvalue weighted by molar-refractivity contribution is -0.122. The van der Waals surface area contributed by atoms with Gasteiger partial charge in [0.25, 0.3) is 11.8 Å². The molecular formula is C22H21N3O3. The molecule has 0 unspecified atom stereocenters. The van der Waals surface area contributed by atoms with Crippen LogP contribution in [0.3, 0.4) is 0 Å². The molecule has 2 aliphatic heterocycles. The van der Waals surface area contributed by atoms with Crippen LogP contribution < -0.4 is 15.1 Å². The fourth-order valence-electron chi connectivity index (χ4n) is 3.51. The number of carbonyl (C=O) groups is 3. The summed E-state index contributed by atoms with van der Waals surface area (Å²) in [4.78, 5) is 40.7. The summed E-state index contributed by atoms with van der Waals surface area (Å²) in [5, 5.41) is 2.25. The van der Waals surface area contributed by atoms with E-state index in [1.165, 1.54) is 18.9 Å². The van der Waals surface area contributed by atoms with Crippen LogP contribution in [-0.4, -0.2) is 30.9 Å². The van der Waals surface area contributed by atoms with Crippen molar-refractivity contribution < 1.29 is 14.4 Å². The van der Waals surface area contributed by atoms with Gasteiger partial charge in [-0.1, -0.05) is 29.8 Å². The molecule has 2 fully saturated rings. The standard InChI is InChI=1S/C22H21N3O3/c1-15-4-8-18(9-5-15)25-21(27)19(20(26)23-22(25)28)14-16-6-10-17(11-7-16)24-12-2-3-13-24/h4-11,14H,2-3,12-13H2,1H3,(H,23,26,28)/b19-14-. The molecule has 0 radical (unpaired) electrons. The molecule has 142 valence electrons. The number of anilines is 2. The summed E-state index contributed by atoms with van der Waals surface area (Å²) in [6.45, 7) is 4.02. The molecule has 0 aliphatic carbocycles. The van der Waals surface area contributed by atoms with Gasteiger partial charge in [0.1, 0.15) is 5.57 Å². The van der Waals surface area contributed by atoms with Gasteiger partial charge in [-0.3, -0.25) is 14.9 Å². The van der Waals surface area contributed by atoms with Crippen molar-refractivity contribution in [2.45, 2.75) is 19.8 Å². The highest BCUT2D eigenvalue weighted by molar-refractivity contribution is 6.39. The molecule has 2 aromatic carbocycles. The van der Waals surface area contributed by atoms with E-state index in [1.807, 2.05) is 43.3 Å². The first-order chi connectivity index (χ1) is 13.5. The second-order valence-electron chi connectivity index (χ2n) is 7.08. The number of hydrogen-bond acceptors (Lipinski definition) is 4. The van der Waals surface area contributed by atoms with Gasteiger partial charge in [0, 0.05) is 18.8 Å². The highest BCUT2D eigenvalue weighted by Crippen LogP contribution is 2.24. The maximum absolute atomic E-state index is 12.9. The molecule has 6 nitrogen and oxygen atoms in total. The van der Waals surface area contributed by atoms with E-state index in [9.17, 15) is 14.4 Å². The number of urea groups is 1. The van der Waals surface area contributed by atoms with Crippen LogP contribution in [0.5, 0.6) is 0 Å². The number of nitrogens with zero attached hydrogens (tertiary/aromatic N) is 2. The van der Waals surface area contributed by atoms with Crippen LogP contribution in [0, 0.1) is 6.92 Å². The van der Waals surface area contributed by atoms with Gasteiger partial charge in [0.15, 0.2) is 0 Å². The molecule has 0 spiro atoms. The third-order valence-electron chi connectivity index (χ3n) is 5.07. The van der Waals surface area contributed by atoms with Gasteiger partial charge < -0.3 is 4.90 Å². The van der Waals surface area contributed by atoms with Crippen molar-refractivity contribution >= 4 is 35.3 Å². The molecule has 0 aromatic heterocycles. The van der Waals surface area contributed by atoms with Crippen LogP contribution in [-0.2, 0) is 9.59 Å². The number of amides is 4. The van der Waals surface area contributed by atoms with Crippen LogP contribution >= 0.6 is 0 Å². The predicted molar refractivity (Wildman–Crippen MR) is 108 cm³/mol. The molecule has 0 atom stereocenters. The Bertz CT molecular complexity index is 956. The van der Waals surface area contributed by atoms with Crippen LogP contribution in [0.1, 0.15) is 24.0 Å². The van der Waals surface area contributed by atoms with Crippen molar-refractivity contribution in [3.05, 3.63) is 65.2 Å². The molecule has 4 rings (SSSR count). The Balaban J connectivity index is 1.62. The van der Waals surface area contributed by atoms with Gasteiger partial charge in [-0.05, 0) is 55.7 Å². The lowest BCUT2D eigenvalue weighted by Crippen LogP contribution is -2.54. The number of hydrogen-bond donors (Lipinski definition) is 1. The lowest BCUT2D eigenvalue weighted by Gasteiger charge is -2.26. The molecule has 0 bridgehead atoms. The van der Waals surface area contributed by atoms with Crippen LogP contribution in [0.4, 0.5) is 16.2 Å². The summed E-state index contributed by atoms with van der Waals surface area (Å²) in [5.74, 6) is -1.30. The van der Waals surface area contributed by atoms with E-state index >= 15 is 0 Å². The minimum atomic E-state index is -0.736. The quantitative estimate of drug-likeness (QED) is 0.660. The van der Waals surface area contributed by atoms with Gasteiger partial charge in [-0.25, -0.2) is 9.69 Å². The van der Waals surface area contributed by atoms with E-state index in [1.54, 1.807) is 12.1 Å². The second-order valence-corrected chi connectivity index (χ2v) is 7.08. The van der Waals surface area contributed by atoms with Crippen molar-refractivity contribution in [3.63, 3.8) is 0 Å². The number of barbiturate groups is 1. The zero-order valence-electron chi connectivity index (χ0n) is 15.6. The first-order valence-electron chi connectivity index (χ1n) is 9.36. The fourth-order valence-corrected chi connectivity index (χ4v) is 3.51. The Hall–Kier alpha value is -3.41. The summed E-state index contributed by atoms with van der Waals surface area (Å²) < 4.78 is 0. The summed E-state index contributed by atoms with van der Waals surface area (Å²) >= 11 is 0. The largest absolute Gasteiger partial charge is 0.372 e. The van der Waals surface area contributed by atoms with Crippen molar-refractivity contribution in [1.29, 1.82) is 0 Å². The molecule has 2 aromatic rings. The lowest BCUT2D eigenvalue weighted by atomic mass is 10.1. The third kappa shape index (κ3) is 3.41. The van der Waals surface area contributed by atoms with Crippen LogP contribution in [0.25, 0.3) is 6.08 Å². The number of imide groups is 2. The van der Waals surface area contributed by atoms with Gasteiger partial charge in [0.2, 0.25) is 0 Å². The van der Waals surface area contributed by atoms with E-state index < -0.39 is 17.8 Å². The number of carbonyl (C=O) groups excluding carboxylic acids is 3. The van der Waals surface area contributed by atoms with Crippen LogP contribution in [0.15, 0.2) is 54.1 Å². The summed E-state index contributed by atoms with van der Waals surface area (Å²) in [5.41, 5.74) is 3.25. The Morgan fingerprint density at radius 2 is 1.46 bits per heavy atom. The summed E-state index contributed by atoms with van der Waals surface area (Å²) in [7, 11) is 0. The zero-order chi connectivity index (χ0) is 19.7. The normalized spacial score (nSPS) is 18.8. The minimum absolute atomic E-state index is 0.0610. The number of benzene rings is 2. The maximum atomic E-state index is 12.9. The van der Waals surface area contributed by atoms with Gasteiger partial charge in [-0.2, -0.15) is 0 Å². The average Bonchev–Trinajstić information content (AvgIpc) is 3.22. The van der Waals surface area contributed by atoms with E-state index in [0.29, 0.717) is 5.69 Å². The maximum Gasteiger partial charge on any atom is 0.335 e. The number of rotatable bonds is 3. The average molecular weight is 375 g/mol.